The fourth-order valence-electron chi connectivity index (χ4n) is 3.91. The van der Waals surface area contributed by atoms with Crippen molar-refractivity contribution in [3.8, 4) is 11.1 Å². The summed E-state index contributed by atoms with van der Waals surface area (Å²) in [6, 6.07) is 6.28. The Morgan fingerprint density at radius 3 is 2.59 bits per heavy atom. The van der Waals surface area contributed by atoms with Crippen molar-refractivity contribution in [2.24, 2.45) is 0 Å². The van der Waals surface area contributed by atoms with E-state index in [-0.39, 0.29) is 27.9 Å². The summed E-state index contributed by atoms with van der Waals surface area (Å²) in [5.74, 6) is 0.0349. The number of halogens is 3. The van der Waals surface area contributed by atoms with Gasteiger partial charge in [0.2, 0.25) is 10.0 Å². The van der Waals surface area contributed by atoms with Crippen molar-refractivity contribution in [3.63, 3.8) is 0 Å². The lowest BCUT2D eigenvalue weighted by Gasteiger charge is -2.23. The second-order valence-corrected chi connectivity index (χ2v) is 10.0. The first-order valence-corrected chi connectivity index (χ1v) is 12.4. The molecular formula is C23H28F3N5O2S. The van der Waals surface area contributed by atoms with E-state index in [0.717, 1.165) is 50.1 Å². The van der Waals surface area contributed by atoms with Gasteiger partial charge >= 0.3 is 6.18 Å². The lowest BCUT2D eigenvalue weighted by Crippen LogP contribution is -2.36. The molecule has 0 radical (unpaired) electrons. The van der Waals surface area contributed by atoms with Crippen molar-refractivity contribution in [1.82, 2.24) is 15.0 Å². The number of sulfonamides is 1. The molecule has 7 nitrogen and oxygen atoms in total. The van der Waals surface area contributed by atoms with Crippen LogP contribution in [-0.4, -0.2) is 38.4 Å². The van der Waals surface area contributed by atoms with Gasteiger partial charge in [0.1, 0.15) is 12.4 Å². The molecule has 0 atom stereocenters. The Hall–Kier alpha value is -2.92. The number of hydrogen-bond donors (Lipinski definition) is 4. The van der Waals surface area contributed by atoms with Crippen LogP contribution in [0.5, 0.6) is 0 Å². The summed E-state index contributed by atoms with van der Waals surface area (Å²) >= 11 is 0. The summed E-state index contributed by atoms with van der Waals surface area (Å²) in [5.41, 5.74) is 8.20. The van der Waals surface area contributed by atoms with E-state index in [2.05, 4.69) is 15.0 Å². The van der Waals surface area contributed by atoms with Crippen LogP contribution in [-0.2, 0) is 10.0 Å². The van der Waals surface area contributed by atoms with E-state index in [0.29, 0.717) is 11.1 Å². The summed E-state index contributed by atoms with van der Waals surface area (Å²) < 4.78 is 66.2. The Kier molecular flexibility index (Phi) is 7.98. The predicted molar refractivity (Wildman–Crippen MR) is 127 cm³/mol. The van der Waals surface area contributed by atoms with Gasteiger partial charge in [-0.25, -0.2) is 18.1 Å². The largest absolute Gasteiger partial charge is 0.405 e. The number of nitrogen functional groups attached to an aromatic ring is 1. The fraction of sp³-hybridized carbons (Fsp3) is 0.391. The Labute approximate surface area is 197 Å². The molecule has 0 saturated heterocycles. The number of aryl methyl sites for hydroxylation is 1. The molecule has 1 aromatic heterocycles. The number of nitrogens with two attached hydrogens (primary N) is 1. The molecule has 0 spiro atoms. The smallest absolute Gasteiger partial charge is 0.383 e. The van der Waals surface area contributed by atoms with E-state index in [4.69, 9.17) is 11.1 Å². The second kappa shape index (κ2) is 10.6. The number of rotatable bonds is 8. The fourth-order valence-corrected chi connectivity index (χ4v) is 5.25. The maximum absolute atomic E-state index is 13.0. The van der Waals surface area contributed by atoms with Gasteiger partial charge in [0, 0.05) is 41.4 Å². The molecule has 1 fully saturated rings. The van der Waals surface area contributed by atoms with E-state index < -0.39 is 22.7 Å². The number of pyridine rings is 1. The van der Waals surface area contributed by atoms with Gasteiger partial charge in [0.15, 0.2) is 0 Å². The van der Waals surface area contributed by atoms with Gasteiger partial charge in [0.05, 0.1) is 4.90 Å². The molecule has 1 aromatic carbocycles. The number of nitrogens with one attached hydrogen (secondary N) is 3. The molecule has 0 bridgehead atoms. The van der Waals surface area contributed by atoms with Crippen LogP contribution < -0.4 is 15.8 Å². The Bertz CT molecular complexity index is 1170. The molecule has 34 heavy (non-hydrogen) atoms. The molecule has 184 valence electrons. The zero-order chi connectivity index (χ0) is 24.9. The standard InChI is InChI=1S/C23H28F3N5O2S/c1-15-7-8-19(34(32,33)31-18-5-3-2-4-6-18)10-20(15)16-9-21(22(28)30-13-16)17(11-27)12-29-14-23(24,25)26/h7-13,18,27,29,31H,2-6,14H2,1H3,(H2,28,30)/b17-12+,27-11?. The molecule has 5 N–H and O–H groups in total. The van der Waals surface area contributed by atoms with E-state index in [1.54, 1.807) is 24.3 Å². The Balaban J connectivity index is 1.94. The number of anilines is 1. The molecule has 1 aliphatic rings. The topological polar surface area (TPSA) is 121 Å². The van der Waals surface area contributed by atoms with Crippen molar-refractivity contribution in [3.05, 3.63) is 47.8 Å². The van der Waals surface area contributed by atoms with E-state index in [1.807, 2.05) is 6.92 Å². The first kappa shape index (κ1) is 25.7. The molecule has 1 aliphatic carbocycles. The van der Waals surface area contributed by atoms with Crippen LogP contribution in [0.25, 0.3) is 16.7 Å². The third-order valence-electron chi connectivity index (χ3n) is 5.70. The predicted octanol–water partition coefficient (Wildman–Crippen LogP) is 4.39. The monoisotopic (exact) mass is 495 g/mol. The Morgan fingerprint density at radius 2 is 1.94 bits per heavy atom. The van der Waals surface area contributed by atoms with Crippen molar-refractivity contribution >= 4 is 27.6 Å². The minimum absolute atomic E-state index is 0.0349. The molecule has 1 saturated carbocycles. The van der Waals surface area contributed by atoms with Crippen LogP contribution in [0.15, 0.2) is 41.6 Å². The van der Waals surface area contributed by atoms with E-state index >= 15 is 0 Å². The number of benzene rings is 1. The SMILES string of the molecule is Cc1ccc(S(=O)(=O)NC2CCCCC2)cc1-c1cnc(N)c(/C(C=N)=C/NCC(F)(F)F)c1. The third-order valence-corrected chi connectivity index (χ3v) is 7.22. The maximum Gasteiger partial charge on any atom is 0.405 e. The van der Waals surface area contributed by atoms with Crippen LogP contribution in [0.3, 0.4) is 0 Å². The Morgan fingerprint density at radius 1 is 1.24 bits per heavy atom. The van der Waals surface area contributed by atoms with Crippen LogP contribution in [0.2, 0.25) is 0 Å². The average Bonchev–Trinajstić information content (AvgIpc) is 2.77. The van der Waals surface area contributed by atoms with Crippen molar-refractivity contribution in [1.29, 1.82) is 5.41 Å². The van der Waals surface area contributed by atoms with E-state index in [9.17, 15) is 21.6 Å². The molecule has 3 rings (SSSR count). The van der Waals surface area contributed by atoms with Gasteiger partial charge in [-0.3, -0.25) is 0 Å². The van der Waals surface area contributed by atoms with Crippen molar-refractivity contribution < 1.29 is 21.6 Å². The highest BCUT2D eigenvalue weighted by Crippen LogP contribution is 2.30. The zero-order valence-electron chi connectivity index (χ0n) is 18.7. The van der Waals surface area contributed by atoms with Crippen molar-refractivity contribution in [2.75, 3.05) is 12.3 Å². The van der Waals surface area contributed by atoms with Crippen LogP contribution in [0.4, 0.5) is 19.0 Å². The minimum Gasteiger partial charge on any atom is -0.383 e. The van der Waals surface area contributed by atoms with Gasteiger partial charge in [-0.1, -0.05) is 25.3 Å². The maximum atomic E-state index is 13.0. The summed E-state index contributed by atoms with van der Waals surface area (Å²) in [6.07, 6.45) is 3.70. The molecule has 11 heteroatoms. The van der Waals surface area contributed by atoms with Crippen molar-refractivity contribution in [2.45, 2.75) is 56.1 Å². The molecule has 1 heterocycles. The number of alkyl halides is 3. The van der Waals surface area contributed by atoms with Gasteiger partial charge in [-0.15, -0.1) is 0 Å². The lowest BCUT2D eigenvalue weighted by atomic mass is 9.96. The number of nitrogens with zero attached hydrogens (tertiary/aromatic N) is 1. The normalized spacial score (nSPS) is 15.8. The van der Waals surface area contributed by atoms with Gasteiger partial charge in [0.25, 0.3) is 0 Å². The molecule has 0 amide bonds. The highest BCUT2D eigenvalue weighted by molar-refractivity contribution is 7.89. The molecule has 0 aliphatic heterocycles. The number of aromatic nitrogens is 1. The third kappa shape index (κ3) is 6.57. The van der Waals surface area contributed by atoms with Gasteiger partial charge < -0.3 is 16.5 Å². The first-order valence-electron chi connectivity index (χ1n) is 10.9. The van der Waals surface area contributed by atoms with Crippen LogP contribution >= 0.6 is 0 Å². The van der Waals surface area contributed by atoms with Crippen LogP contribution in [0.1, 0.15) is 43.2 Å². The summed E-state index contributed by atoms with van der Waals surface area (Å²) in [7, 11) is -3.73. The average molecular weight is 496 g/mol. The lowest BCUT2D eigenvalue weighted by molar-refractivity contribution is -0.122. The highest BCUT2D eigenvalue weighted by atomic mass is 32.2. The minimum atomic E-state index is -4.41. The summed E-state index contributed by atoms with van der Waals surface area (Å²) in [4.78, 5) is 4.24. The van der Waals surface area contributed by atoms with Crippen LogP contribution in [0, 0.1) is 12.3 Å². The number of hydrogen-bond acceptors (Lipinski definition) is 6. The summed E-state index contributed by atoms with van der Waals surface area (Å²) in [6.45, 7) is 0.555. The molecule has 2 aromatic rings. The van der Waals surface area contributed by atoms with Gasteiger partial charge in [-0.05, 0) is 49.1 Å². The zero-order valence-corrected chi connectivity index (χ0v) is 19.6. The quantitative estimate of drug-likeness (QED) is 0.405. The van der Waals surface area contributed by atoms with Gasteiger partial charge in [-0.2, -0.15) is 13.2 Å². The second-order valence-electron chi connectivity index (χ2n) is 8.33. The first-order chi connectivity index (χ1) is 16.0. The molecule has 0 unspecified atom stereocenters. The summed E-state index contributed by atoms with van der Waals surface area (Å²) in [5, 5.41) is 9.73. The van der Waals surface area contributed by atoms with E-state index in [1.165, 1.54) is 6.20 Å². The number of allylic oxidation sites excluding steroid dienone is 1. The molecular weight excluding hydrogens is 467 g/mol. The highest BCUT2D eigenvalue weighted by Gasteiger charge is 2.26.